The molecule has 1 aromatic rings. The number of carbonyl (C=O) groups excluding carboxylic acids is 2. The zero-order valence-corrected chi connectivity index (χ0v) is 16.0. The molecule has 1 aliphatic rings. The van der Waals surface area contributed by atoms with Crippen LogP contribution in [0.2, 0.25) is 0 Å². The van der Waals surface area contributed by atoms with Gasteiger partial charge >= 0.3 is 0 Å². The van der Waals surface area contributed by atoms with E-state index in [4.69, 9.17) is 0 Å². The molecule has 0 radical (unpaired) electrons. The number of likely N-dealkylation sites (tertiary alicyclic amines) is 1. The second-order valence-corrected chi connectivity index (χ2v) is 7.85. The summed E-state index contributed by atoms with van der Waals surface area (Å²) in [5, 5.41) is 2.96. The maximum Gasteiger partial charge on any atom is 0.255 e. The zero-order valence-electron chi connectivity index (χ0n) is 16.0. The van der Waals surface area contributed by atoms with Gasteiger partial charge in [-0.2, -0.15) is 0 Å². The Bertz CT molecular complexity index is 589. The lowest BCUT2D eigenvalue weighted by atomic mass is 9.91. The van der Waals surface area contributed by atoms with Crippen molar-refractivity contribution in [2.24, 2.45) is 17.8 Å². The Morgan fingerprint density at radius 3 is 2.48 bits per heavy atom. The Morgan fingerprint density at radius 1 is 1.20 bits per heavy atom. The Kier molecular flexibility index (Phi) is 7.03. The van der Waals surface area contributed by atoms with E-state index in [-0.39, 0.29) is 11.8 Å². The molecule has 2 amide bonds. The van der Waals surface area contributed by atoms with Gasteiger partial charge in [-0.1, -0.05) is 52.7 Å². The fraction of sp³-hybridized carbons (Fsp3) is 0.619. The van der Waals surface area contributed by atoms with E-state index in [1.54, 1.807) is 0 Å². The van der Waals surface area contributed by atoms with Gasteiger partial charge in [0.1, 0.15) is 0 Å². The van der Waals surface area contributed by atoms with Gasteiger partial charge in [0, 0.05) is 19.5 Å². The number of nitrogens with zero attached hydrogens (tertiary/aromatic N) is 1. The molecule has 1 aliphatic heterocycles. The van der Waals surface area contributed by atoms with Crippen LogP contribution in [0.4, 0.5) is 5.69 Å². The highest BCUT2D eigenvalue weighted by Crippen LogP contribution is 2.25. The van der Waals surface area contributed by atoms with Gasteiger partial charge in [0.15, 0.2) is 0 Å². The molecule has 3 unspecified atom stereocenters. The summed E-state index contributed by atoms with van der Waals surface area (Å²) in [6.07, 6.45) is 3.78. The van der Waals surface area contributed by atoms with Crippen molar-refractivity contribution in [1.82, 2.24) is 4.90 Å². The van der Waals surface area contributed by atoms with Crippen LogP contribution in [0.1, 0.15) is 63.7 Å². The molecule has 0 aromatic heterocycles. The van der Waals surface area contributed by atoms with E-state index in [0.29, 0.717) is 35.4 Å². The van der Waals surface area contributed by atoms with Crippen LogP contribution in [0.15, 0.2) is 24.3 Å². The van der Waals surface area contributed by atoms with Crippen LogP contribution in [0, 0.1) is 17.8 Å². The number of hydrogen-bond acceptors (Lipinski definition) is 2. The van der Waals surface area contributed by atoms with Crippen LogP contribution < -0.4 is 5.32 Å². The highest BCUT2D eigenvalue weighted by molar-refractivity contribution is 6.03. The zero-order chi connectivity index (χ0) is 18.4. The van der Waals surface area contributed by atoms with Gasteiger partial charge in [-0.15, -0.1) is 0 Å². The fourth-order valence-corrected chi connectivity index (χ4v) is 3.89. The van der Waals surface area contributed by atoms with Crippen LogP contribution in [-0.2, 0) is 4.79 Å². The number of hydrogen-bond donors (Lipinski definition) is 1. The molecule has 1 N–H and O–H groups in total. The molecule has 0 bridgehead atoms. The van der Waals surface area contributed by atoms with Crippen molar-refractivity contribution in [3.63, 3.8) is 0 Å². The van der Waals surface area contributed by atoms with E-state index in [1.165, 1.54) is 0 Å². The maximum absolute atomic E-state index is 13.0. The molecule has 2 rings (SSSR count). The first-order valence-corrected chi connectivity index (χ1v) is 9.58. The summed E-state index contributed by atoms with van der Waals surface area (Å²) < 4.78 is 0. The second kappa shape index (κ2) is 9.02. The summed E-state index contributed by atoms with van der Waals surface area (Å²) in [6, 6.07) is 7.37. The summed E-state index contributed by atoms with van der Waals surface area (Å²) in [5.74, 6) is 1.41. The molecule has 25 heavy (non-hydrogen) atoms. The minimum absolute atomic E-state index is 0.0124. The van der Waals surface area contributed by atoms with E-state index < -0.39 is 0 Å². The Labute approximate surface area is 152 Å². The summed E-state index contributed by atoms with van der Waals surface area (Å²) in [5.41, 5.74) is 1.23. The summed E-state index contributed by atoms with van der Waals surface area (Å²) in [7, 11) is 0. The number of carbonyl (C=O) groups is 2. The molecule has 138 valence electrons. The van der Waals surface area contributed by atoms with Crippen molar-refractivity contribution in [1.29, 1.82) is 0 Å². The second-order valence-electron chi connectivity index (χ2n) is 7.85. The van der Waals surface area contributed by atoms with E-state index >= 15 is 0 Å². The Balaban J connectivity index is 2.09. The van der Waals surface area contributed by atoms with Gasteiger partial charge < -0.3 is 10.2 Å². The summed E-state index contributed by atoms with van der Waals surface area (Å²) in [4.78, 5) is 27.2. The first kappa shape index (κ1) is 19.5. The van der Waals surface area contributed by atoms with Gasteiger partial charge in [-0.25, -0.2) is 0 Å². The van der Waals surface area contributed by atoms with Crippen molar-refractivity contribution >= 4 is 17.5 Å². The number of rotatable bonds is 6. The number of amides is 2. The van der Waals surface area contributed by atoms with Gasteiger partial charge in [0.2, 0.25) is 5.91 Å². The fourth-order valence-electron chi connectivity index (χ4n) is 3.89. The Hall–Kier alpha value is -1.84. The van der Waals surface area contributed by atoms with Gasteiger partial charge in [-0.3, -0.25) is 9.59 Å². The number of piperidine rings is 1. The molecule has 4 heteroatoms. The highest BCUT2D eigenvalue weighted by atomic mass is 16.2. The molecule has 1 saturated heterocycles. The quantitative estimate of drug-likeness (QED) is 0.822. The first-order chi connectivity index (χ1) is 11.9. The van der Waals surface area contributed by atoms with Crippen LogP contribution in [0.5, 0.6) is 0 Å². The van der Waals surface area contributed by atoms with Crippen LogP contribution in [-0.4, -0.2) is 29.8 Å². The molecule has 0 saturated carbocycles. The lowest BCUT2D eigenvalue weighted by Gasteiger charge is -2.35. The number of nitrogens with one attached hydrogen (secondary N) is 1. The largest absolute Gasteiger partial charge is 0.338 e. The molecule has 4 nitrogen and oxygen atoms in total. The van der Waals surface area contributed by atoms with Crippen LogP contribution in [0.25, 0.3) is 0 Å². The number of benzene rings is 1. The van der Waals surface area contributed by atoms with Crippen molar-refractivity contribution in [3.05, 3.63) is 29.8 Å². The first-order valence-electron chi connectivity index (χ1n) is 9.58. The molecule has 0 spiro atoms. The van der Waals surface area contributed by atoms with E-state index in [1.807, 2.05) is 29.2 Å². The lowest BCUT2D eigenvalue weighted by molar-refractivity contribution is -0.117. The third kappa shape index (κ3) is 5.58. The smallest absolute Gasteiger partial charge is 0.255 e. The number of para-hydroxylation sites is 1. The third-order valence-corrected chi connectivity index (χ3v) is 4.90. The lowest BCUT2D eigenvalue weighted by Crippen LogP contribution is -2.42. The molecule has 1 heterocycles. The Morgan fingerprint density at radius 2 is 1.84 bits per heavy atom. The van der Waals surface area contributed by atoms with Crippen molar-refractivity contribution in [2.75, 3.05) is 18.4 Å². The van der Waals surface area contributed by atoms with E-state index in [0.717, 1.165) is 32.4 Å². The van der Waals surface area contributed by atoms with Crippen LogP contribution in [0.3, 0.4) is 0 Å². The molecule has 1 fully saturated rings. The van der Waals surface area contributed by atoms with Gasteiger partial charge in [-0.05, 0) is 36.3 Å². The minimum Gasteiger partial charge on any atom is -0.338 e. The molecule has 1 aromatic carbocycles. The van der Waals surface area contributed by atoms with E-state index in [2.05, 4.69) is 33.0 Å². The van der Waals surface area contributed by atoms with Crippen molar-refractivity contribution in [3.8, 4) is 0 Å². The maximum atomic E-state index is 13.0. The summed E-state index contributed by atoms with van der Waals surface area (Å²) in [6.45, 7) is 10.2. The molecule has 3 atom stereocenters. The van der Waals surface area contributed by atoms with Gasteiger partial charge in [0.05, 0.1) is 11.3 Å². The average molecular weight is 344 g/mol. The highest BCUT2D eigenvalue weighted by Gasteiger charge is 2.27. The van der Waals surface area contributed by atoms with E-state index in [9.17, 15) is 9.59 Å². The number of anilines is 1. The predicted octanol–water partition coefficient (Wildman–Crippen LogP) is 4.57. The molecular weight excluding hydrogens is 312 g/mol. The van der Waals surface area contributed by atoms with Crippen molar-refractivity contribution < 1.29 is 9.59 Å². The standard InChI is InChI=1S/C21H32N2O2/c1-5-8-15(2)12-20(24)22-19-10-7-6-9-18(19)21(25)23-13-16(3)11-17(4)14-23/h6-7,9-10,15-17H,5,8,11-14H2,1-4H3,(H,22,24). The summed E-state index contributed by atoms with van der Waals surface area (Å²) >= 11 is 0. The van der Waals surface area contributed by atoms with Gasteiger partial charge in [0.25, 0.3) is 5.91 Å². The average Bonchev–Trinajstić information content (AvgIpc) is 2.53. The van der Waals surface area contributed by atoms with Crippen molar-refractivity contribution in [2.45, 2.75) is 53.4 Å². The van der Waals surface area contributed by atoms with Crippen LogP contribution >= 0.6 is 0 Å². The minimum atomic E-state index is -0.0124. The third-order valence-electron chi connectivity index (χ3n) is 4.90. The monoisotopic (exact) mass is 344 g/mol. The molecule has 0 aliphatic carbocycles. The normalized spacial score (nSPS) is 21.7. The topological polar surface area (TPSA) is 49.4 Å². The molecular formula is C21H32N2O2. The SMILES string of the molecule is CCCC(C)CC(=O)Nc1ccccc1C(=O)N1CC(C)CC(C)C1. The predicted molar refractivity (Wildman–Crippen MR) is 103 cm³/mol.